The molecule has 1 aliphatic heterocycles. The molecule has 0 aromatic carbocycles. The molecule has 1 aliphatic rings. The van der Waals surface area contributed by atoms with Crippen LogP contribution in [0.2, 0.25) is 0 Å². The van der Waals surface area contributed by atoms with E-state index in [1.54, 1.807) is 6.26 Å². The van der Waals surface area contributed by atoms with E-state index in [0.717, 1.165) is 25.2 Å². The van der Waals surface area contributed by atoms with Crippen LogP contribution >= 0.6 is 0 Å². The van der Waals surface area contributed by atoms with Crippen molar-refractivity contribution in [1.82, 2.24) is 10.6 Å². The zero-order valence-electron chi connectivity index (χ0n) is 12.4. The number of hydrogen-bond acceptors (Lipinski definition) is 4. The number of rotatable bonds is 5. The van der Waals surface area contributed by atoms with Crippen molar-refractivity contribution in [1.29, 1.82) is 0 Å². The van der Waals surface area contributed by atoms with Crippen molar-refractivity contribution in [2.24, 2.45) is 0 Å². The minimum Gasteiger partial charge on any atom is -0.467 e. The Labute approximate surface area is 120 Å². The van der Waals surface area contributed by atoms with Crippen LogP contribution in [0.1, 0.15) is 39.4 Å². The van der Waals surface area contributed by atoms with Gasteiger partial charge in [0.15, 0.2) is 0 Å². The number of ether oxygens (including phenoxy) is 1. The summed E-state index contributed by atoms with van der Waals surface area (Å²) in [5, 5.41) is 6.25. The van der Waals surface area contributed by atoms with E-state index in [1.807, 2.05) is 19.1 Å². The van der Waals surface area contributed by atoms with Gasteiger partial charge in [0.2, 0.25) is 5.91 Å². The Kier molecular flexibility index (Phi) is 4.83. The predicted octanol–water partition coefficient (Wildman–Crippen LogP) is 1.83. The van der Waals surface area contributed by atoms with Crippen LogP contribution in [0.25, 0.3) is 0 Å². The van der Waals surface area contributed by atoms with E-state index < -0.39 is 0 Å². The molecule has 5 nitrogen and oxygen atoms in total. The summed E-state index contributed by atoms with van der Waals surface area (Å²) in [7, 11) is 0. The van der Waals surface area contributed by atoms with Gasteiger partial charge in [0.1, 0.15) is 5.76 Å². The third kappa shape index (κ3) is 4.35. The van der Waals surface area contributed by atoms with Crippen molar-refractivity contribution in [2.45, 2.75) is 57.8 Å². The molecule has 0 spiro atoms. The van der Waals surface area contributed by atoms with Crippen molar-refractivity contribution in [3.8, 4) is 0 Å². The maximum absolute atomic E-state index is 12.0. The second-order valence-corrected chi connectivity index (χ2v) is 5.98. The van der Waals surface area contributed by atoms with Crippen LogP contribution in [-0.2, 0) is 16.1 Å². The van der Waals surface area contributed by atoms with E-state index >= 15 is 0 Å². The summed E-state index contributed by atoms with van der Waals surface area (Å²) in [5.74, 6) is 0.753. The smallest absolute Gasteiger partial charge is 0.237 e. The number of furan rings is 1. The maximum Gasteiger partial charge on any atom is 0.237 e. The molecule has 1 fully saturated rings. The average molecular weight is 280 g/mol. The van der Waals surface area contributed by atoms with E-state index in [9.17, 15) is 4.79 Å². The first kappa shape index (κ1) is 15.1. The van der Waals surface area contributed by atoms with Gasteiger partial charge in [-0.25, -0.2) is 0 Å². The lowest BCUT2D eigenvalue weighted by atomic mass is 9.93. The molecule has 1 aromatic heterocycles. The molecule has 2 rings (SSSR count). The maximum atomic E-state index is 12.0. The second kappa shape index (κ2) is 6.41. The number of carbonyl (C=O) groups excluding carboxylic acids is 1. The SMILES string of the molecule is CC(NC1CCOC(C)(C)C1)C(=O)NCc1ccco1. The highest BCUT2D eigenvalue weighted by Crippen LogP contribution is 2.24. The van der Waals surface area contributed by atoms with Crippen LogP contribution in [0.5, 0.6) is 0 Å². The van der Waals surface area contributed by atoms with Gasteiger partial charge in [0.25, 0.3) is 0 Å². The predicted molar refractivity (Wildman–Crippen MR) is 76.2 cm³/mol. The minimum atomic E-state index is -0.219. The minimum absolute atomic E-state index is 0.00861. The zero-order chi connectivity index (χ0) is 14.6. The molecular formula is C15H24N2O3. The van der Waals surface area contributed by atoms with Crippen molar-refractivity contribution in [3.05, 3.63) is 24.2 Å². The largest absolute Gasteiger partial charge is 0.467 e. The van der Waals surface area contributed by atoms with Crippen LogP contribution in [0.15, 0.2) is 22.8 Å². The molecule has 0 aliphatic carbocycles. The second-order valence-electron chi connectivity index (χ2n) is 5.98. The molecule has 0 bridgehead atoms. The molecule has 2 unspecified atom stereocenters. The van der Waals surface area contributed by atoms with E-state index in [2.05, 4.69) is 24.5 Å². The Morgan fingerprint density at radius 2 is 2.35 bits per heavy atom. The normalized spacial score (nSPS) is 23.2. The van der Waals surface area contributed by atoms with Crippen molar-refractivity contribution >= 4 is 5.91 Å². The molecule has 20 heavy (non-hydrogen) atoms. The summed E-state index contributed by atoms with van der Waals surface area (Å²) in [6, 6.07) is 3.76. The molecule has 112 valence electrons. The summed E-state index contributed by atoms with van der Waals surface area (Å²) >= 11 is 0. The number of hydrogen-bond donors (Lipinski definition) is 2. The highest BCUT2D eigenvalue weighted by atomic mass is 16.5. The molecule has 2 N–H and O–H groups in total. The Morgan fingerprint density at radius 3 is 3.00 bits per heavy atom. The monoisotopic (exact) mass is 280 g/mol. The standard InChI is InChI=1S/C15H24N2O3/c1-11(14(18)16-10-13-5-4-7-19-13)17-12-6-8-20-15(2,3)9-12/h4-5,7,11-12,17H,6,8-10H2,1-3H3,(H,16,18). The molecule has 2 heterocycles. The number of nitrogens with one attached hydrogen (secondary N) is 2. The van der Waals surface area contributed by atoms with Crippen LogP contribution in [0, 0.1) is 0 Å². The van der Waals surface area contributed by atoms with Crippen LogP contribution in [0.3, 0.4) is 0 Å². The van der Waals surface area contributed by atoms with Gasteiger partial charge in [-0.15, -0.1) is 0 Å². The third-order valence-electron chi connectivity index (χ3n) is 3.59. The summed E-state index contributed by atoms with van der Waals surface area (Å²) in [6.07, 6.45) is 3.47. The van der Waals surface area contributed by atoms with Gasteiger partial charge < -0.3 is 19.8 Å². The van der Waals surface area contributed by atoms with E-state index in [0.29, 0.717) is 12.6 Å². The van der Waals surface area contributed by atoms with Gasteiger partial charge in [-0.05, 0) is 45.7 Å². The van der Waals surface area contributed by atoms with Gasteiger partial charge in [0.05, 0.1) is 24.5 Å². The first-order chi connectivity index (χ1) is 9.46. The topological polar surface area (TPSA) is 63.5 Å². The molecule has 1 saturated heterocycles. The van der Waals surface area contributed by atoms with Crippen LogP contribution in [-0.4, -0.2) is 30.2 Å². The Morgan fingerprint density at radius 1 is 1.55 bits per heavy atom. The van der Waals surface area contributed by atoms with Gasteiger partial charge >= 0.3 is 0 Å². The molecule has 1 aromatic rings. The molecule has 0 saturated carbocycles. The fraction of sp³-hybridized carbons (Fsp3) is 0.667. The van der Waals surface area contributed by atoms with Crippen molar-refractivity contribution < 1.29 is 13.9 Å². The van der Waals surface area contributed by atoms with Crippen molar-refractivity contribution in [3.63, 3.8) is 0 Å². The highest BCUT2D eigenvalue weighted by molar-refractivity contribution is 5.81. The molecule has 5 heteroatoms. The average Bonchev–Trinajstić information content (AvgIpc) is 2.87. The van der Waals surface area contributed by atoms with E-state index in [1.165, 1.54) is 0 Å². The summed E-state index contributed by atoms with van der Waals surface area (Å²) in [6.45, 7) is 7.23. The fourth-order valence-electron chi connectivity index (χ4n) is 2.54. The summed E-state index contributed by atoms with van der Waals surface area (Å²) in [5.41, 5.74) is -0.111. The lowest BCUT2D eigenvalue weighted by molar-refractivity contribution is -0.124. The van der Waals surface area contributed by atoms with Crippen molar-refractivity contribution in [2.75, 3.05) is 6.61 Å². The number of amides is 1. The first-order valence-corrected chi connectivity index (χ1v) is 7.16. The third-order valence-corrected chi connectivity index (χ3v) is 3.59. The van der Waals surface area contributed by atoms with Gasteiger partial charge in [-0.1, -0.05) is 0 Å². The molecule has 1 amide bonds. The molecule has 2 atom stereocenters. The summed E-state index contributed by atoms with van der Waals surface area (Å²) < 4.78 is 10.9. The Bertz CT molecular complexity index is 428. The van der Waals surface area contributed by atoms with Gasteiger partial charge in [0, 0.05) is 12.6 Å². The lowest BCUT2D eigenvalue weighted by Gasteiger charge is -2.37. The Hall–Kier alpha value is -1.33. The molecule has 0 radical (unpaired) electrons. The highest BCUT2D eigenvalue weighted by Gasteiger charge is 2.30. The summed E-state index contributed by atoms with van der Waals surface area (Å²) in [4.78, 5) is 12.0. The van der Waals surface area contributed by atoms with Gasteiger partial charge in [-0.3, -0.25) is 4.79 Å². The zero-order valence-corrected chi connectivity index (χ0v) is 12.4. The van der Waals surface area contributed by atoms with E-state index in [-0.39, 0.29) is 17.6 Å². The van der Waals surface area contributed by atoms with E-state index in [4.69, 9.17) is 9.15 Å². The Balaban J connectivity index is 1.76. The molecular weight excluding hydrogens is 256 g/mol. The van der Waals surface area contributed by atoms with Gasteiger partial charge in [-0.2, -0.15) is 0 Å². The number of carbonyl (C=O) groups is 1. The fourth-order valence-corrected chi connectivity index (χ4v) is 2.54. The lowest BCUT2D eigenvalue weighted by Crippen LogP contribution is -2.51. The van der Waals surface area contributed by atoms with Crippen LogP contribution in [0.4, 0.5) is 0 Å². The quantitative estimate of drug-likeness (QED) is 0.863. The first-order valence-electron chi connectivity index (χ1n) is 7.16. The van der Waals surface area contributed by atoms with Crippen LogP contribution < -0.4 is 10.6 Å².